The molecule has 4 aromatic rings. The number of nitrogens with zero attached hydrogens (tertiary/aromatic N) is 4. The Kier molecular flexibility index (Phi) is 6.88. The molecule has 1 heterocycles. The van der Waals surface area contributed by atoms with Crippen LogP contribution >= 0.6 is 12.2 Å². The van der Waals surface area contributed by atoms with Crippen molar-refractivity contribution >= 4 is 45.6 Å². The van der Waals surface area contributed by atoms with Gasteiger partial charge in [-0.3, -0.25) is 10.1 Å². The molecule has 2 N–H and O–H groups in total. The van der Waals surface area contributed by atoms with Crippen LogP contribution in [0.5, 0.6) is 0 Å². The van der Waals surface area contributed by atoms with E-state index in [1.54, 1.807) is 10.9 Å². The summed E-state index contributed by atoms with van der Waals surface area (Å²) in [4.78, 5) is 16.4. The summed E-state index contributed by atoms with van der Waals surface area (Å²) in [6.45, 7) is 10.1. The third-order valence-corrected chi connectivity index (χ3v) is 5.90. The van der Waals surface area contributed by atoms with Gasteiger partial charge < -0.3 is 10.2 Å². The van der Waals surface area contributed by atoms with Crippen LogP contribution in [0.4, 0.5) is 11.4 Å². The van der Waals surface area contributed by atoms with Gasteiger partial charge in [-0.15, -0.1) is 10.2 Å². The van der Waals surface area contributed by atoms with Gasteiger partial charge in [-0.2, -0.15) is 4.80 Å². The summed E-state index contributed by atoms with van der Waals surface area (Å²) in [6.07, 6.45) is 0. The lowest BCUT2D eigenvalue weighted by molar-refractivity contribution is 0.0977. The molecule has 0 aliphatic carbocycles. The van der Waals surface area contributed by atoms with Crippen LogP contribution in [0, 0.1) is 13.8 Å². The molecule has 8 heteroatoms. The topological polar surface area (TPSA) is 75.1 Å². The Morgan fingerprint density at radius 2 is 1.65 bits per heavy atom. The quantitative estimate of drug-likeness (QED) is 0.384. The first-order valence-electron chi connectivity index (χ1n) is 11.3. The molecule has 7 nitrogen and oxygen atoms in total. The van der Waals surface area contributed by atoms with E-state index in [1.165, 1.54) is 5.69 Å². The number of carbonyl (C=O) groups excluding carboxylic acids is 1. The molecule has 1 aromatic heterocycles. The Labute approximate surface area is 204 Å². The van der Waals surface area contributed by atoms with E-state index >= 15 is 0 Å². The average Bonchev–Trinajstić information content (AvgIpc) is 3.23. The molecule has 0 saturated carbocycles. The van der Waals surface area contributed by atoms with Crippen molar-refractivity contribution < 1.29 is 4.79 Å². The normalized spacial score (nSPS) is 10.8. The second kappa shape index (κ2) is 10.0. The molecule has 0 spiro atoms. The van der Waals surface area contributed by atoms with Gasteiger partial charge in [0, 0.05) is 30.0 Å². The SMILES string of the molecule is CCN(CC)c1ccc(-n2nc3cc(C)c(NC(=S)NC(=O)c4cccc(C)c4)cc3n2)cc1. The molecule has 3 aromatic carbocycles. The van der Waals surface area contributed by atoms with Gasteiger partial charge in [-0.05, 0) is 94.0 Å². The third-order valence-electron chi connectivity index (χ3n) is 5.69. The molecule has 0 saturated heterocycles. The number of aromatic nitrogens is 3. The summed E-state index contributed by atoms with van der Waals surface area (Å²) in [5.41, 5.74) is 6.87. The molecule has 0 aliphatic rings. The van der Waals surface area contributed by atoms with Crippen LogP contribution in [0.3, 0.4) is 0 Å². The number of rotatable bonds is 6. The first-order chi connectivity index (χ1) is 16.4. The average molecular weight is 473 g/mol. The Bertz CT molecular complexity index is 1340. The molecule has 1 amide bonds. The summed E-state index contributed by atoms with van der Waals surface area (Å²) in [7, 11) is 0. The van der Waals surface area contributed by atoms with Crippen molar-refractivity contribution in [2.75, 3.05) is 23.3 Å². The Morgan fingerprint density at radius 3 is 2.29 bits per heavy atom. The standard InChI is InChI=1S/C26H28N6OS/c1-5-31(6-2)20-10-12-21(13-11-20)32-29-23-15-18(4)22(16-24(23)30-32)27-26(34)28-25(33)19-9-7-8-17(3)14-19/h7-16H,5-6H2,1-4H3,(H2,27,28,33,34). The summed E-state index contributed by atoms with van der Waals surface area (Å²) < 4.78 is 0. The largest absolute Gasteiger partial charge is 0.372 e. The minimum atomic E-state index is -0.251. The van der Waals surface area contributed by atoms with Crippen molar-refractivity contribution in [3.8, 4) is 5.69 Å². The van der Waals surface area contributed by atoms with Gasteiger partial charge in [0.2, 0.25) is 0 Å². The number of aryl methyl sites for hydroxylation is 2. The number of carbonyl (C=O) groups is 1. The van der Waals surface area contributed by atoms with Crippen molar-refractivity contribution in [1.29, 1.82) is 0 Å². The van der Waals surface area contributed by atoms with Crippen LogP contribution in [-0.4, -0.2) is 39.1 Å². The molecule has 34 heavy (non-hydrogen) atoms. The van der Waals surface area contributed by atoms with Crippen molar-refractivity contribution in [2.45, 2.75) is 27.7 Å². The predicted molar refractivity (Wildman–Crippen MR) is 142 cm³/mol. The van der Waals surface area contributed by atoms with Crippen molar-refractivity contribution in [2.24, 2.45) is 0 Å². The van der Waals surface area contributed by atoms with Crippen molar-refractivity contribution in [3.63, 3.8) is 0 Å². The number of fused-ring (bicyclic) bond motifs is 1. The van der Waals surface area contributed by atoms with E-state index in [0.29, 0.717) is 5.56 Å². The van der Waals surface area contributed by atoms with Crippen molar-refractivity contribution in [3.05, 3.63) is 77.4 Å². The first kappa shape index (κ1) is 23.4. The highest BCUT2D eigenvalue weighted by Crippen LogP contribution is 2.23. The molecule has 0 fully saturated rings. The molecular weight excluding hydrogens is 444 g/mol. The van der Waals surface area contributed by atoms with Gasteiger partial charge in [0.1, 0.15) is 11.0 Å². The van der Waals surface area contributed by atoms with Crippen LogP contribution in [0.25, 0.3) is 16.7 Å². The van der Waals surface area contributed by atoms with Crippen LogP contribution in [-0.2, 0) is 0 Å². The van der Waals surface area contributed by atoms with E-state index in [4.69, 9.17) is 12.2 Å². The first-order valence-corrected chi connectivity index (χ1v) is 11.7. The second-order valence-electron chi connectivity index (χ2n) is 8.11. The number of thiocarbonyl (C=S) groups is 1. The number of nitrogens with one attached hydrogen (secondary N) is 2. The van der Waals surface area contributed by atoms with E-state index < -0.39 is 0 Å². The number of hydrogen-bond donors (Lipinski definition) is 2. The summed E-state index contributed by atoms with van der Waals surface area (Å²) in [6, 6.07) is 19.4. The molecule has 174 valence electrons. The monoisotopic (exact) mass is 472 g/mol. The maximum Gasteiger partial charge on any atom is 0.257 e. The second-order valence-corrected chi connectivity index (χ2v) is 8.52. The molecule has 0 atom stereocenters. The smallest absolute Gasteiger partial charge is 0.257 e. The zero-order valence-corrected chi connectivity index (χ0v) is 20.6. The number of anilines is 2. The molecule has 4 rings (SSSR count). The zero-order valence-electron chi connectivity index (χ0n) is 19.8. The van der Waals surface area contributed by atoms with E-state index in [1.807, 2.05) is 56.3 Å². The molecule has 0 radical (unpaired) electrons. The summed E-state index contributed by atoms with van der Waals surface area (Å²) in [5.74, 6) is -0.251. The maximum atomic E-state index is 12.5. The van der Waals surface area contributed by atoms with E-state index in [-0.39, 0.29) is 11.0 Å². The number of hydrogen-bond acceptors (Lipinski definition) is 5. The van der Waals surface area contributed by atoms with E-state index in [0.717, 1.165) is 46.6 Å². The molecular formula is C26H28N6OS. The highest BCUT2D eigenvalue weighted by Gasteiger charge is 2.12. The van der Waals surface area contributed by atoms with Gasteiger partial charge in [0.05, 0.1) is 5.69 Å². The van der Waals surface area contributed by atoms with Gasteiger partial charge >= 0.3 is 0 Å². The van der Waals surface area contributed by atoms with Crippen molar-refractivity contribution in [1.82, 2.24) is 20.3 Å². The van der Waals surface area contributed by atoms with E-state index in [2.05, 4.69) is 51.7 Å². The van der Waals surface area contributed by atoms with Crippen LogP contribution in [0.1, 0.15) is 35.3 Å². The minimum Gasteiger partial charge on any atom is -0.372 e. The predicted octanol–water partition coefficient (Wildman–Crippen LogP) is 5.01. The van der Waals surface area contributed by atoms with Gasteiger partial charge in [-0.25, -0.2) is 0 Å². The molecule has 0 aliphatic heterocycles. The Hall–Kier alpha value is -3.78. The van der Waals surface area contributed by atoms with Gasteiger partial charge in [0.25, 0.3) is 5.91 Å². The minimum absolute atomic E-state index is 0.230. The molecule has 0 bridgehead atoms. The fraction of sp³-hybridized carbons (Fsp3) is 0.231. The highest BCUT2D eigenvalue weighted by molar-refractivity contribution is 7.80. The molecule has 0 unspecified atom stereocenters. The number of amides is 1. The fourth-order valence-corrected chi connectivity index (χ4v) is 4.02. The zero-order chi connectivity index (χ0) is 24.2. The lowest BCUT2D eigenvalue weighted by Crippen LogP contribution is -2.34. The van der Waals surface area contributed by atoms with Gasteiger partial charge in [0.15, 0.2) is 5.11 Å². The summed E-state index contributed by atoms with van der Waals surface area (Å²) in [5, 5.41) is 15.4. The highest BCUT2D eigenvalue weighted by atomic mass is 32.1. The van der Waals surface area contributed by atoms with Crippen LogP contribution in [0.2, 0.25) is 0 Å². The number of benzene rings is 3. The van der Waals surface area contributed by atoms with Gasteiger partial charge in [-0.1, -0.05) is 17.7 Å². The van der Waals surface area contributed by atoms with Crippen LogP contribution in [0.15, 0.2) is 60.7 Å². The lowest BCUT2D eigenvalue weighted by atomic mass is 10.1. The third kappa shape index (κ3) is 5.07. The Morgan fingerprint density at radius 1 is 0.971 bits per heavy atom. The maximum absolute atomic E-state index is 12.5. The lowest BCUT2D eigenvalue weighted by Gasteiger charge is -2.20. The summed E-state index contributed by atoms with van der Waals surface area (Å²) >= 11 is 5.37. The fourth-order valence-electron chi connectivity index (χ4n) is 3.82. The Balaban J connectivity index is 1.51. The van der Waals surface area contributed by atoms with Crippen LogP contribution < -0.4 is 15.5 Å². The van der Waals surface area contributed by atoms with E-state index in [9.17, 15) is 4.79 Å².